The molecule has 1 aliphatic carbocycles. The summed E-state index contributed by atoms with van der Waals surface area (Å²) in [6.07, 6.45) is 3.06. The highest BCUT2D eigenvalue weighted by Crippen LogP contribution is 2.36. The molecule has 3 atom stereocenters. The van der Waals surface area contributed by atoms with Crippen molar-refractivity contribution in [1.29, 1.82) is 0 Å². The van der Waals surface area contributed by atoms with Gasteiger partial charge in [0.25, 0.3) is 0 Å². The van der Waals surface area contributed by atoms with Gasteiger partial charge in [-0.05, 0) is 58.6 Å². The molecule has 2 heterocycles. The summed E-state index contributed by atoms with van der Waals surface area (Å²) in [5, 5.41) is 7.90. The molecule has 4 nitrogen and oxygen atoms in total. The van der Waals surface area contributed by atoms with Gasteiger partial charge in [-0.2, -0.15) is 0 Å². The van der Waals surface area contributed by atoms with E-state index >= 15 is 0 Å². The van der Waals surface area contributed by atoms with E-state index in [1.807, 2.05) is 7.05 Å². The maximum Gasteiger partial charge on any atom is 0.145 e. The largest absolute Gasteiger partial charge is 0.301 e. The summed E-state index contributed by atoms with van der Waals surface area (Å²) in [6.45, 7) is 7.94. The number of rotatable bonds is 4. The number of aromatic nitrogens is 1. The van der Waals surface area contributed by atoms with Crippen LogP contribution in [0.15, 0.2) is 17.8 Å². The molecule has 1 N–H and O–H groups in total. The van der Waals surface area contributed by atoms with Crippen LogP contribution in [0.4, 0.5) is 8.78 Å². The molecule has 0 bridgehead atoms. The lowest BCUT2D eigenvalue weighted by molar-refractivity contribution is 0.0120. The lowest BCUT2D eigenvalue weighted by atomic mass is 10.1. The number of hydrogen-bond acceptors (Lipinski definition) is 4. The Labute approximate surface area is 148 Å². The van der Waals surface area contributed by atoms with Crippen LogP contribution in [-0.4, -0.2) is 46.5 Å². The molecular formula is C19H28F2N4. The number of hydrogen-bond donors (Lipinski definition) is 1. The van der Waals surface area contributed by atoms with E-state index < -0.39 is 6.17 Å². The van der Waals surface area contributed by atoms with Crippen LogP contribution in [0, 0.1) is 12.7 Å². The second-order valence-corrected chi connectivity index (χ2v) is 7.51. The minimum atomic E-state index is -0.704. The average molecular weight is 350 g/mol. The molecule has 0 spiro atoms. The Balaban J connectivity index is 1.94. The van der Waals surface area contributed by atoms with Crippen molar-refractivity contribution in [3.05, 3.63) is 34.9 Å². The molecule has 1 aromatic rings. The number of halogens is 2. The van der Waals surface area contributed by atoms with E-state index in [4.69, 9.17) is 0 Å². The van der Waals surface area contributed by atoms with Gasteiger partial charge >= 0.3 is 0 Å². The van der Waals surface area contributed by atoms with Crippen LogP contribution in [0.25, 0.3) is 5.70 Å². The Hall–Kier alpha value is -1.53. The van der Waals surface area contributed by atoms with E-state index in [1.165, 1.54) is 0 Å². The average Bonchev–Trinajstić information content (AvgIpc) is 3.06. The fourth-order valence-corrected chi connectivity index (χ4v) is 4.02. The predicted octanol–water partition coefficient (Wildman–Crippen LogP) is 3.64. The summed E-state index contributed by atoms with van der Waals surface area (Å²) in [5.74, 6) is -0.295. The van der Waals surface area contributed by atoms with Gasteiger partial charge in [-0.15, -0.1) is 0 Å². The Morgan fingerprint density at radius 2 is 2.00 bits per heavy atom. The molecule has 1 aromatic heterocycles. The quantitative estimate of drug-likeness (QED) is 0.898. The fraction of sp³-hybridized carbons (Fsp3) is 0.632. The predicted molar refractivity (Wildman–Crippen MR) is 95.7 cm³/mol. The van der Waals surface area contributed by atoms with E-state index in [-0.39, 0.29) is 24.1 Å². The van der Waals surface area contributed by atoms with E-state index in [1.54, 1.807) is 19.2 Å². The number of hydrazine groups is 1. The van der Waals surface area contributed by atoms with E-state index in [0.29, 0.717) is 18.5 Å². The molecule has 0 amide bonds. The van der Waals surface area contributed by atoms with Crippen LogP contribution in [-0.2, 0) is 0 Å². The molecule has 1 saturated carbocycles. The lowest BCUT2D eigenvalue weighted by Gasteiger charge is -2.37. The van der Waals surface area contributed by atoms with E-state index in [2.05, 4.69) is 41.1 Å². The van der Waals surface area contributed by atoms with Crippen LogP contribution in [0.3, 0.4) is 0 Å². The Morgan fingerprint density at radius 1 is 1.28 bits per heavy atom. The third kappa shape index (κ3) is 3.42. The topological polar surface area (TPSA) is 31.4 Å². The second-order valence-electron chi connectivity index (χ2n) is 7.51. The zero-order valence-corrected chi connectivity index (χ0v) is 15.7. The second kappa shape index (κ2) is 7.00. The van der Waals surface area contributed by atoms with Gasteiger partial charge in [0.05, 0.1) is 11.4 Å². The Morgan fingerprint density at radius 3 is 2.56 bits per heavy atom. The van der Waals surface area contributed by atoms with Crippen LogP contribution in [0.1, 0.15) is 51.3 Å². The normalized spacial score (nSPS) is 27.8. The first-order chi connectivity index (χ1) is 11.8. The lowest BCUT2D eigenvalue weighted by Crippen LogP contribution is -2.51. The Bertz CT molecular complexity index is 673. The number of alkyl halides is 1. The van der Waals surface area contributed by atoms with Crippen molar-refractivity contribution in [2.45, 2.75) is 71.4 Å². The third-order valence-electron chi connectivity index (χ3n) is 5.28. The van der Waals surface area contributed by atoms with Crippen molar-refractivity contribution in [1.82, 2.24) is 20.3 Å². The van der Waals surface area contributed by atoms with Crippen LogP contribution < -0.4 is 5.32 Å². The number of nitrogens with one attached hydrogen (secondary N) is 1. The molecule has 0 radical (unpaired) electrons. The highest BCUT2D eigenvalue weighted by molar-refractivity contribution is 5.69. The van der Waals surface area contributed by atoms with Crippen molar-refractivity contribution < 1.29 is 8.78 Å². The molecule has 0 saturated heterocycles. The SMILES string of the molecule is CC1=C(c2cnc(C)c(F)c2)N(C(C)C)N(C)C1N[C@H]1CC[C@@H](F)C1. The maximum absolute atomic E-state index is 14.1. The molecule has 3 rings (SSSR count). The van der Waals surface area contributed by atoms with Crippen LogP contribution in [0.5, 0.6) is 0 Å². The van der Waals surface area contributed by atoms with Gasteiger partial charge in [0.2, 0.25) is 0 Å². The minimum Gasteiger partial charge on any atom is -0.301 e. The summed E-state index contributed by atoms with van der Waals surface area (Å²) >= 11 is 0. The van der Waals surface area contributed by atoms with Crippen molar-refractivity contribution in [2.24, 2.45) is 0 Å². The summed E-state index contributed by atoms with van der Waals surface area (Å²) in [6, 6.07) is 1.95. The number of pyridine rings is 1. The number of aryl methyl sites for hydroxylation is 1. The molecule has 6 heteroatoms. The zero-order valence-electron chi connectivity index (χ0n) is 15.7. The summed E-state index contributed by atoms with van der Waals surface area (Å²) in [4.78, 5) is 4.19. The molecule has 25 heavy (non-hydrogen) atoms. The van der Waals surface area contributed by atoms with Gasteiger partial charge in [-0.25, -0.2) is 13.8 Å². The fourth-order valence-electron chi connectivity index (χ4n) is 4.02. The molecule has 138 valence electrons. The van der Waals surface area contributed by atoms with Crippen molar-refractivity contribution >= 4 is 5.70 Å². The summed E-state index contributed by atoms with van der Waals surface area (Å²) < 4.78 is 27.6. The number of nitrogens with zero attached hydrogens (tertiary/aromatic N) is 3. The van der Waals surface area contributed by atoms with Gasteiger partial charge in [-0.1, -0.05) is 0 Å². The first kappa shape index (κ1) is 18.3. The van der Waals surface area contributed by atoms with Crippen molar-refractivity contribution in [3.63, 3.8) is 0 Å². The first-order valence-electron chi connectivity index (χ1n) is 9.05. The van der Waals surface area contributed by atoms with Crippen molar-refractivity contribution in [3.8, 4) is 0 Å². The number of likely N-dealkylation sites (N-methyl/N-ethyl adjacent to an activating group) is 1. The third-order valence-corrected chi connectivity index (χ3v) is 5.28. The van der Waals surface area contributed by atoms with Crippen LogP contribution >= 0.6 is 0 Å². The monoisotopic (exact) mass is 350 g/mol. The minimum absolute atomic E-state index is 0.0166. The molecule has 1 fully saturated rings. The van der Waals surface area contributed by atoms with Gasteiger partial charge in [0.1, 0.15) is 18.2 Å². The highest BCUT2D eigenvalue weighted by Gasteiger charge is 2.38. The molecule has 0 aromatic carbocycles. The summed E-state index contributed by atoms with van der Waals surface area (Å²) in [5.41, 5.74) is 3.28. The maximum atomic E-state index is 14.1. The van der Waals surface area contributed by atoms with Crippen LogP contribution in [0.2, 0.25) is 0 Å². The highest BCUT2D eigenvalue weighted by atomic mass is 19.1. The molecular weight excluding hydrogens is 322 g/mol. The Kier molecular flexibility index (Phi) is 5.11. The van der Waals surface area contributed by atoms with Gasteiger partial charge in [0, 0.05) is 30.9 Å². The van der Waals surface area contributed by atoms with Crippen molar-refractivity contribution in [2.75, 3.05) is 7.05 Å². The standard InChI is InChI=1S/C19H28F2N4/c1-11(2)25-18(14-8-17(21)13(4)22-10-14)12(3)19(24(25)5)23-16-7-6-15(20)9-16/h8,10-11,15-16,19,23H,6-7,9H2,1-5H3/t15-,16+,19?/m1/s1. The molecule has 2 aliphatic rings. The molecule has 1 aliphatic heterocycles. The smallest absolute Gasteiger partial charge is 0.145 e. The van der Waals surface area contributed by atoms with Gasteiger partial charge < -0.3 is 5.01 Å². The van der Waals surface area contributed by atoms with Gasteiger partial charge in [0.15, 0.2) is 0 Å². The first-order valence-corrected chi connectivity index (χ1v) is 9.05. The van der Waals surface area contributed by atoms with E-state index in [9.17, 15) is 8.78 Å². The van der Waals surface area contributed by atoms with Gasteiger partial charge in [-0.3, -0.25) is 10.3 Å². The summed E-state index contributed by atoms with van der Waals surface area (Å²) in [7, 11) is 2.02. The van der Waals surface area contributed by atoms with E-state index in [0.717, 1.165) is 23.3 Å². The zero-order chi connectivity index (χ0) is 18.3. The molecule has 1 unspecified atom stereocenters.